The molecular formula is C20H16ClN3S. The van der Waals surface area contributed by atoms with Crippen LogP contribution in [0, 0.1) is 13.8 Å². The van der Waals surface area contributed by atoms with E-state index in [-0.39, 0.29) is 0 Å². The summed E-state index contributed by atoms with van der Waals surface area (Å²) < 4.78 is 0. The number of fused-ring (bicyclic) bond motifs is 1. The van der Waals surface area contributed by atoms with Crippen molar-refractivity contribution in [3.63, 3.8) is 0 Å². The molecule has 0 bridgehead atoms. The fraction of sp³-hybridized carbons (Fsp3) is 0.100. The first-order valence-electron chi connectivity index (χ1n) is 7.95. The highest BCUT2D eigenvalue weighted by molar-refractivity contribution is 7.17. The van der Waals surface area contributed by atoms with E-state index in [2.05, 4.69) is 52.7 Å². The molecule has 3 nitrogen and oxygen atoms in total. The first kappa shape index (κ1) is 16.1. The van der Waals surface area contributed by atoms with Crippen LogP contribution in [0.15, 0.2) is 54.2 Å². The Balaban J connectivity index is 1.87. The van der Waals surface area contributed by atoms with E-state index >= 15 is 0 Å². The Labute approximate surface area is 155 Å². The van der Waals surface area contributed by atoms with Crippen molar-refractivity contribution >= 4 is 44.7 Å². The molecule has 0 aliphatic rings. The van der Waals surface area contributed by atoms with Gasteiger partial charge in [-0.15, -0.1) is 11.3 Å². The van der Waals surface area contributed by atoms with Crippen LogP contribution in [0.4, 0.5) is 11.5 Å². The van der Waals surface area contributed by atoms with Gasteiger partial charge in [0.05, 0.1) is 5.39 Å². The first-order valence-corrected chi connectivity index (χ1v) is 9.20. The van der Waals surface area contributed by atoms with Crippen molar-refractivity contribution in [1.82, 2.24) is 9.97 Å². The summed E-state index contributed by atoms with van der Waals surface area (Å²) >= 11 is 7.65. The fourth-order valence-electron chi connectivity index (χ4n) is 2.94. The van der Waals surface area contributed by atoms with Gasteiger partial charge in [-0.05, 0) is 42.7 Å². The van der Waals surface area contributed by atoms with Crippen molar-refractivity contribution in [1.29, 1.82) is 0 Å². The summed E-state index contributed by atoms with van der Waals surface area (Å²) in [6.07, 6.45) is 1.61. The van der Waals surface area contributed by atoms with Crippen molar-refractivity contribution in [3.8, 4) is 11.1 Å². The van der Waals surface area contributed by atoms with Gasteiger partial charge in [-0.2, -0.15) is 0 Å². The molecule has 0 aliphatic carbocycles. The molecule has 0 amide bonds. The van der Waals surface area contributed by atoms with E-state index in [1.54, 1.807) is 17.7 Å². The lowest BCUT2D eigenvalue weighted by molar-refractivity contribution is 1.22. The Morgan fingerprint density at radius 1 is 0.960 bits per heavy atom. The molecule has 1 N–H and O–H groups in total. The minimum atomic E-state index is 0.730. The highest BCUT2D eigenvalue weighted by Crippen LogP contribution is 2.38. The molecule has 0 radical (unpaired) electrons. The third-order valence-electron chi connectivity index (χ3n) is 4.25. The molecule has 0 unspecified atom stereocenters. The molecule has 0 fully saturated rings. The number of halogens is 1. The summed E-state index contributed by atoms with van der Waals surface area (Å²) in [5, 5.41) is 7.41. The summed E-state index contributed by atoms with van der Waals surface area (Å²) in [6, 6.07) is 14.1. The van der Waals surface area contributed by atoms with Crippen molar-refractivity contribution in [2.45, 2.75) is 13.8 Å². The Morgan fingerprint density at radius 3 is 2.40 bits per heavy atom. The highest BCUT2D eigenvalue weighted by Gasteiger charge is 2.14. The second-order valence-corrected chi connectivity index (χ2v) is 7.25. The summed E-state index contributed by atoms with van der Waals surface area (Å²) in [5.74, 6) is 0.827. The van der Waals surface area contributed by atoms with E-state index in [1.165, 1.54) is 11.1 Å². The molecule has 4 aromatic rings. The number of hydrogen-bond donors (Lipinski definition) is 1. The van der Waals surface area contributed by atoms with Crippen LogP contribution in [0.3, 0.4) is 0 Å². The third-order valence-corrected chi connectivity index (χ3v) is 5.39. The summed E-state index contributed by atoms with van der Waals surface area (Å²) in [5.41, 5.74) is 5.70. The molecule has 0 atom stereocenters. The van der Waals surface area contributed by atoms with E-state index in [4.69, 9.17) is 11.6 Å². The molecule has 124 valence electrons. The average molecular weight is 366 g/mol. The number of rotatable bonds is 3. The number of nitrogens with one attached hydrogen (secondary N) is 1. The van der Waals surface area contributed by atoms with E-state index in [0.717, 1.165) is 37.9 Å². The molecule has 25 heavy (non-hydrogen) atoms. The molecule has 2 aromatic heterocycles. The summed E-state index contributed by atoms with van der Waals surface area (Å²) in [7, 11) is 0. The number of thiophene rings is 1. The van der Waals surface area contributed by atoms with Crippen LogP contribution in [0.5, 0.6) is 0 Å². The Hall–Kier alpha value is -2.43. The van der Waals surface area contributed by atoms with Gasteiger partial charge in [-0.25, -0.2) is 9.97 Å². The minimum absolute atomic E-state index is 0.730. The van der Waals surface area contributed by atoms with Gasteiger partial charge in [-0.1, -0.05) is 41.9 Å². The monoisotopic (exact) mass is 365 g/mol. The van der Waals surface area contributed by atoms with Gasteiger partial charge in [0.15, 0.2) is 0 Å². The smallest absolute Gasteiger partial charge is 0.143 e. The Kier molecular flexibility index (Phi) is 4.15. The number of hydrogen-bond acceptors (Lipinski definition) is 4. The minimum Gasteiger partial charge on any atom is -0.339 e. The molecule has 2 aromatic carbocycles. The van der Waals surface area contributed by atoms with Crippen molar-refractivity contribution in [2.24, 2.45) is 0 Å². The Morgan fingerprint density at radius 2 is 1.68 bits per heavy atom. The van der Waals surface area contributed by atoms with Crippen molar-refractivity contribution in [2.75, 3.05) is 5.32 Å². The van der Waals surface area contributed by atoms with Gasteiger partial charge < -0.3 is 5.32 Å². The number of aryl methyl sites for hydroxylation is 2. The quantitative estimate of drug-likeness (QED) is 0.458. The maximum atomic E-state index is 6.03. The van der Waals surface area contributed by atoms with Gasteiger partial charge >= 0.3 is 0 Å². The van der Waals surface area contributed by atoms with Crippen molar-refractivity contribution < 1.29 is 0 Å². The van der Waals surface area contributed by atoms with Gasteiger partial charge in [0.25, 0.3) is 0 Å². The summed E-state index contributed by atoms with van der Waals surface area (Å²) in [4.78, 5) is 9.92. The topological polar surface area (TPSA) is 37.8 Å². The zero-order valence-corrected chi connectivity index (χ0v) is 15.4. The maximum absolute atomic E-state index is 6.03. The lowest BCUT2D eigenvalue weighted by Crippen LogP contribution is -1.99. The normalized spacial score (nSPS) is 11.0. The van der Waals surface area contributed by atoms with Crippen LogP contribution in [0.2, 0.25) is 5.02 Å². The molecule has 0 saturated carbocycles. The largest absolute Gasteiger partial charge is 0.339 e. The third kappa shape index (κ3) is 2.99. The standard InChI is InChI=1S/C20H16ClN3S/c1-12-4-3-5-13(2)18(12)24-19-17-16(10-25-20(17)23-11-22-19)14-6-8-15(21)9-7-14/h3-11H,1-2H3,(H,22,23,24). The molecule has 4 rings (SSSR count). The van der Waals surface area contributed by atoms with E-state index in [0.29, 0.717) is 0 Å². The van der Waals surface area contributed by atoms with Gasteiger partial charge in [0.2, 0.25) is 0 Å². The number of aromatic nitrogens is 2. The lowest BCUT2D eigenvalue weighted by Gasteiger charge is -2.13. The van der Waals surface area contributed by atoms with Gasteiger partial charge in [-0.3, -0.25) is 0 Å². The predicted molar refractivity (Wildman–Crippen MR) is 107 cm³/mol. The highest BCUT2D eigenvalue weighted by atomic mass is 35.5. The molecule has 5 heteroatoms. The fourth-order valence-corrected chi connectivity index (χ4v) is 3.98. The van der Waals surface area contributed by atoms with Gasteiger partial charge in [0, 0.05) is 21.7 Å². The first-order chi connectivity index (χ1) is 12.1. The second-order valence-electron chi connectivity index (χ2n) is 5.95. The Bertz CT molecular complexity index is 1030. The van der Waals surface area contributed by atoms with Crippen molar-refractivity contribution in [3.05, 3.63) is 70.3 Å². The lowest BCUT2D eigenvalue weighted by atomic mass is 10.1. The average Bonchev–Trinajstić information content (AvgIpc) is 3.04. The van der Waals surface area contributed by atoms with Crippen LogP contribution in [-0.2, 0) is 0 Å². The number of nitrogens with zero attached hydrogens (tertiary/aromatic N) is 2. The van der Waals surface area contributed by atoms with Crippen LogP contribution < -0.4 is 5.32 Å². The van der Waals surface area contributed by atoms with E-state index < -0.39 is 0 Å². The van der Waals surface area contributed by atoms with Crippen LogP contribution >= 0.6 is 22.9 Å². The molecule has 0 saturated heterocycles. The van der Waals surface area contributed by atoms with E-state index in [1.807, 2.05) is 24.3 Å². The number of anilines is 2. The zero-order valence-electron chi connectivity index (χ0n) is 13.9. The molecule has 0 aliphatic heterocycles. The van der Waals surface area contributed by atoms with Crippen LogP contribution in [-0.4, -0.2) is 9.97 Å². The molecular weight excluding hydrogens is 350 g/mol. The second kappa shape index (κ2) is 6.47. The van der Waals surface area contributed by atoms with Crippen LogP contribution in [0.1, 0.15) is 11.1 Å². The van der Waals surface area contributed by atoms with E-state index in [9.17, 15) is 0 Å². The maximum Gasteiger partial charge on any atom is 0.143 e. The molecule has 2 heterocycles. The van der Waals surface area contributed by atoms with Crippen LogP contribution in [0.25, 0.3) is 21.3 Å². The SMILES string of the molecule is Cc1cccc(C)c1Nc1ncnc2scc(-c3ccc(Cl)cc3)c12. The molecule has 0 spiro atoms. The predicted octanol–water partition coefficient (Wildman–Crippen LogP) is 6.37. The van der Waals surface area contributed by atoms with Gasteiger partial charge in [0.1, 0.15) is 17.0 Å². The number of para-hydroxylation sites is 1. The summed E-state index contributed by atoms with van der Waals surface area (Å²) in [6.45, 7) is 4.20. The number of benzene rings is 2. The zero-order chi connectivity index (χ0) is 17.4.